The number of nitrogens with one attached hydrogen (secondary N) is 1. The fraction of sp³-hybridized carbons (Fsp3) is 0.355. The van der Waals surface area contributed by atoms with Crippen molar-refractivity contribution in [3.05, 3.63) is 89.7 Å². The summed E-state index contributed by atoms with van der Waals surface area (Å²) in [5.41, 5.74) is 1.82. The Morgan fingerprint density at radius 1 is 0.927 bits per heavy atom. The third-order valence-corrected chi connectivity index (χ3v) is 8.23. The van der Waals surface area contributed by atoms with E-state index in [0.717, 1.165) is 9.87 Å². The van der Waals surface area contributed by atoms with Crippen molar-refractivity contribution >= 4 is 27.5 Å². The SMILES string of the molecule is CCOc1ccc(S(=O)(=O)N(CC(=O)N(Cc2ccc(F)cc2)[C@H](C)C(=O)NCC(C)C)c2ccc(C)cc2)cc1. The number of halogens is 1. The van der Waals surface area contributed by atoms with Gasteiger partial charge in [0.25, 0.3) is 10.0 Å². The van der Waals surface area contributed by atoms with E-state index >= 15 is 0 Å². The van der Waals surface area contributed by atoms with E-state index in [1.807, 2.05) is 27.7 Å². The number of sulfonamides is 1. The maximum absolute atomic E-state index is 13.9. The van der Waals surface area contributed by atoms with Crippen molar-refractivity contribution in [3.63, 3.8) is 0 Å². The van der Waals surface area contributed by atoms with Crippen LogP contribution in [0.2, 0.25) is 0 Å². The molecule has 3 aromatic rings. The number of benzene rings is 3. The van der Waals surface area contributed by atoms with Gasteiger partial charge in [-0.05, 0) is 80.8 Å². The van der Waals surface area contributed by atoms with Gasteiger partial charge in [0.1, 0.15) is 24.2 Å². The topological polar surface area (TPSA) is 96.0 Å². The van der Waals surface area contributed by atoms with Gasteiger partial charge in [0.05, 0.1) is 17.2 Å². The third kappa shape index (κ3) is 8.53. The van der Waals surface area contributed by atoms with E-state index < -0.39 is 34.3 Å². The number of rotatable bonds is 13. The largest absolute Gasteiger partial charge is 0.494 e. The van der Waals surface area contributed by atoms with Crippen molar-refractivity contribution in [2.75, 3.05) is 24.0 Å². The second-order valence-electron chi connectivity index (χ2n) is 10.2. The Hall–Kier alpha value is -3.92. The maximum atomic E-state index is 13.9. The number of carbonyl (C=O) groups excluding carboxylic acids is 2. The fourth-order valence-electron chi connectivity index (χ4n) is 4.06. The molecule has 0 aliphatic carbocycles. The molecule has 0 unspecified atom stereocenters. The highest BCUT2D eigenvalue weighted by Crippen LogP contribution is 2.26. The summed E-state index contributed by atoms with van der Waals surface area (Å²) in [5, 5.41) is 2.84. The van der Waals surface area contributed by atoms with Gasteiger partial charge in [0.2, 0.25) is 11.8 Å². The standard InChI is InChI=1S/C31H38FN3O5S/c1-6-40-28-15-17-29(18-16-28)41(38,39)35(27-13-7-23(4)8-14-27)21-30(36)34(20-25-9-11-26(32)12-10-25)24(5)31(37)33-19-22(2)3/h7-18,22,24H,6,19-21H2,1-5H3,(H,33,37)/t24-/m1/s1. The van der Waals surface area contributed by atoms with Gasteiger partial charge in [-0.25, -0.2) is 12.8 Å². The van der Waals surface area contributed by atoms with Gasteiger partial charge < -0.3 is 15.0 Å². The predicted molar refractivity (Wildman–Crippen MR) is 158 cm³/mol. The molecule has 0 bridgehead atoms. The van der Waals surface area contributed by atoms with Crippen LogP contribution in [0.5, 0.6) is 5.75 Å². The molecular weight excluding hydrogens is 545 g/mol. The van der Waals surface area contributed by atoms with Crippen molar-refractivity contribution in [1.29, 1.82) is 0 Å². The Balaban J connectivity index is 1.99. The van der Waals surface area contributed by atoms with E-state index in [-0.39, 0.29) is 23.3 Å². The molecule has 0 saturated carbocycles. The van der Waals surface area contributed by atoms with Gasteiger partial charge in [0.15, 0.2) is 0 Å². The number of carbonyl (C=O) groups is 2. The van der Waals surface area contributed by atoms with Crippen LogP contribution < -0.4 is 14.4 Å². The van der Waals surface area contributed by atoms with Crippen LogP contribution in [-0.4, -0.2) is 50.9 Å². The monoisotopic (exact) mass is 583 g/mol. The lowest BCUT2D eigenvalue weighted by Gasteiger charge is -2.32. The number of aryl methyl sites for hydroxylation is 1. The molecule has 220 valence electrons. The first-order valence-electron chi connectivity index (χ1n) is 13.6. The molecule has 8 nitrogen and oxygen atoms in total. The minimum atomic E-state index is -4.19. The number of hydrogen-bond acceptors (Lipinski definition) is 5. The minimum absolute atomic E-state index is 0.0119. The van der Waals surface area contributed by atoms with Gasteiger partial charge >= 0.3 is 0 Å². The van der Waals surface area contributed by atoms with Crippen LogP contribution in [-0.2, 0) is 26.2 Å². The molecule has 0 aliphatic heterocycles. The Bertz CT molecular complexity index is 1410. The van der Waals surface area contributed by atoms with E-state index in [4.69, 9.17) is 4.74 Å². The molecule has 0 spiro atoms. The summed E-state index contributed by atoms with van der Waals surface area (Å²) < 4.78 is 47.9. The summed E-state index contributed by atoms with van der Waals surface area (Å²) in [6.07, 6.45) is 0. The Labute approximate surface area is 242 Å². The highest BCUT2D eigenvalue weighted by Gasteiger charge is 2.32. The van der Waals surface area contributed by atoms with Crippen LogP contribution in [0.25, 0.3) is 0 Å². The molecule has 10 heteroatoms. The molecule has 2 amide bonds. The first kappa shape index (κ1) is 31.6. The van der Waals surface area contributed by atoms with Gasteiger partial charge in [0, 0.05) is 13.1 Å². The molecular formula is C31H38FN3O5S. The Kier molecular flexibility index (Phi) is 10.9. The average molecular weight is 584 g/mol. The number of nitrogens with zero attached hydrogens (tertiary/aromatic N) is 2. The summed E-state index contributed by atoms with van der Waals surface area (Å²) in [7, 11) is -4.19. The summed E-state index contributed by atoms with van der Waals surface area (Å²) in [4.78, 5) is 28.2. The van der Waals surface area contributed by atoms with Gasteiger partial charge in [-0.2, -0.15) is 0 Å². The summed E-state index contributed by atoms with van der Waals surface area (Å²) in [6.45, 7) is 9.50. The van der Waals surface area contributed by atoms with Gasteiger partial charge in [-0.1, -0.05) is 43.7 Å². The molecule has 0 aromatic heterocycles. The van der Waals surface area contributed by atoms with Crippen LogP contribution in [0.1, 0.15) is 38.8 Å². The van der Waals surface area contributed by atoms with Crippen molar-refractivity contribution in [2.24, 2.45) is 5.92 Å². The molecule has 0 fully saturated rings. The molecule has 3 aromatic carbocycles. The Morgan fingerprint density at radius 3 is 2.10 bits per heavy atom. The zero-order valence-electron chi connectivity index (χ0n) is 24.1. The lowest BCUT2D eigenvalue weighted by Crippen LogP contribution is -2.51. The molecule has 3 rings (SSSR count). The molecule has 0 saturated heterocycles. The van der Waals surface area contributed by atoms with E-state index in [1.165, 1.54) is 41.3 Å². The minimum Gasteiger partial charge on any atom is -0.494 e. The lowest BCUT2D eigenvalue weighted by atomic mass is 10.1. The van der Waals surface area contributed by atoms with Crippen molar-refractivity contribution in [1.82, 2.24) is 10.2 Å². The molecule has 1 atom stereocenters. The molecule has 0 heterocycles. The van der Waals surface area contributed by atoms with E-state index in [9.17, 15) is 22.4 Å². The van der Waals surface area contributed by atoms with Crippen molar-refractivity contribution in [3.8, 4) is 5.75 Å². The maximum Gasteiger partial charge on any atom is 0.264 e. The Morgan fingerprint density at radius 2 is 1.54 bits per heavy atom. The smallest absolute Gasteiger partial charge is 0.264 e. The lowest BCUT2D eigenvalue weighted by molar-refractivity contribution is -0.139. The average Bonchev–Trinajstić information content (AvgIpc) is 2.94. The number of amides is 2. The predicted octanol–water partition coefficient (Wildman–Crippen LogP) is 4.92. The summed E-state index contributed by atoms with van der Waals surface area (Å²) in [6, 6.07) is 17.5. The van der Waals surface area contributed by atoms with Crippen LogP contribution in [0, 0.1) is 18.7 Å². The number of hydrogen-bond donors (Lipinski definition) is 1. The normalized spacial score (nSPS) is 12.1. The fourth-order valence-corrected chi connectivity index (χ4v) is 5.48. The van der Waals surface area contributed by atoms with Crippen molar-refractivity contribution in [2.45, 2.75) is 52.1 Å². The van der Waals surface area contributed by atoms with Crippen LogP contribution in [0.3, 0.4) is 0 Å². The summed E-state index contributed by atoms with van der Waals surface area (Å²) in [5.74, 6) is -0.664. The van der Waals surface area contributed by atoms with E-state index in [1.54, 1.807) is 43.3 Å². The first-order valence-corrected chi connectivity index (χ1v) is 15.0. The molecule has 1 N–H and O–H groups in total. The van der Waals surface area contributed by atoms with E-state index in [0.29, 0.717) is 30.2 Å². The number of anilines is 1. The van der Waals surface area contributed by atoms with Crippen LogP contribution >= 0.6 is 0 Å². The zero-order valence-corrected chi connectivity index (χ0v) is 24.9. The molecule has 41 heavy (non-hydrogen) atoms. The van der Waals surface area contributed by atoms with Crippen LogP contribution in [0.15, 0.2) is 77.7 Å². The zero-order chi connectivity index (χ0) is 30.2. The summed E-state index contributed by atoms with van der Waals surface area (Å²) >= 11 is 0. The third-order valence-electron chi connectivity index (χ3n) is 6.44. The van der Waals surface area contributed by atoms with Gasteiger partial charge in [-0.15, -0.1) is 0 Å². The molecule has 0 radical (unpaired) electrons. The highest BCUT2D eigenvalue weighted by atomic mass is 32.2. The quantitative estimate of drug-likeness (QED) is 0.308. The second-order valence-corrected chi connectivity index (χ2v) is 12.1. The van der Waals surface area contributed by atoms with Gasteiger partial charge in [-0.3, -0.25) is 13.9 Å². The number of ether oxygens (including phenoxy) is 1. The second kappa shape index (κ2) is 14.1. The molecule has 0 aliphatic rings. The van der Waals surface area contributed by atoms with Crippen LogP contribution in [0.4, 0.5) is 10.1 Å². The van der Waals surface area contributed by atoms with E-state index in [2.05, 4.69) is 5.32 Å². The highest BCUT2D eigenvalue weighted by molar-refractivity contribution is 7.92. The first-order chi connectivity index (χ1) is 19.4. The van der Waals surface area contributed by atoms with Crippen molar-refractivity contribution < 1.29 is 27.1 Å².